The minimum Gasteiger partial charge on any atom is -0.253 e. The molecule has 1 heterocycles. The highest BCUT2D eigenvalue weighted by atomic mass is 35.5. The van der Waals surface area contributed by atoms with E-state index < -0.39 is 5.82 Å². The van der Waals surface area contributed by atoms with Crippen LogP contribution in [0.25, 0.3) is 11.3 Å². The number of halogens is 2. The molecule has 0 saturated heterocycles. The molecule has 0 atom stereocenters. The third kappa shape index (κ3) is 1.61. The van der Waals surface area contributed by atoms with E-state index in [2.05, 4.69) is 4.98 Å². The van der Waals surface area contributed by atoms with Crippen molar-refractivity contribution in [2.45, 2.75) is 0 Å². The van der Waals surface area contributed by atoms with E-state index in [0.717, 1.165) is 5.56 Å². The standard InChI is InChI=1S/C11H7ClFN/c12-9-6-7-14-11(10(9)13)8-4-2-1-3-5-8/h1-7H. The van der Waals surface area contributed by atoms with Crippen LogP contribution in [0.2, 0.25) is 5.02 Å². The smallest absolute Gasteiger partial charge is 0.168 e. The van der Waals surface area contributed by atoms with E-state index in [0.29, 0.717) is 0 Å². The van der Waals surface area contributed by atoms with Crippen LogP contribution in [0, 0.1) is 5.82 Å². The molecule has 2 aromatic rings. The molecule has 0 saturated carbocycles. The maximum atomic E-state index is 13.5. The lowest BCUT2D eigenvalue weighted by molar-refractivity contribution is 0.626. The van der Waals surface area contributed by atoms with E-state index in [-0.39, 0.29) is 10.7 Å². The van der Waals surface area contributed by atoms with E-state index >= 15 is 0 Å². The summed E-state index contributed by atoms with van der Waals surface area (Å²) < 4.78 is 13.5. The Bertz CT molecular complexity index is 442. The molecule has 2 rings (SSSR count). The lowest BCUT2D eigenvalue weighted by Crippen LogP contribution is -1.89. The van der Waals surface area contributed by atoms with E-state index in [1.165, 1.54) is 12.3 Å². The zero-order valence-corrected chi connectivity index (χ0v) is 8.00. The van der Waals surface area contributed by atoms with Gasteiger partial charge in [0.1, 0.15) is 5.69 Å². The number of hydrogen-bond acceptors (Lipinski definition) is 1. The molecule has 1 nitrogen and oxygen atoms in total. The van der Waals surface area contributed by atoms with Crippen LogP contribution in [0.15, 0.2) is 42.6 Å². The summed E-state index contributed by atoms with van der Waals surface area (Å²) in [5.41, 5.74) is 1.02. The number of aromatic nitrogens is 1. The largest absolute Gasteiger partial charge is 0.253 e. The molecule has 0 amide bonds. The van der Waals surface area contributed by atoms with Crippen molar-refractivity contribution in [1.29, 1.82) is 0 Å². The van der Waals surface area contributed by atoms with Crippen LogP contribution >= 0.6 is 11.6 Å². The van der Waals surface area contributed by atoms with Gasteiger partial charge in [-0.15, -0.1) is 0 Å². The molecule has 14 heavy (non-hydrogen) atoms. The Morgan fingerprint density at radius 2 is 1.79 bits per heavy atom. The molecule has 1 aromatic heterocycles. The topological polar surface area (TPSA) is 12.9 Å². The Morgan fingerprint density at radius 3 is 2.50 bits per heavy atom. The Labute approximate surface area is 86.2 Å². The van der Waals surface area contributed by atoms with Gasteiger partial charge in [-0.3, -0.25) is 4.98 Å². The van der Waals surface area contributed by atoms with Gasteiger partial charge >= 0.3 is 0 Å². The van der Waals surface area contributed by atoms with Crippen LogP contribution in [-0.2, 0) is 0 Å². The van der Waals surface area contributed by atoms with Crippen molar-refractivity contribution in [3.63, 3.8) is 0 Å². The SMILES string of the molecule is Fc1c(Cl)ccnc1-c1ccccc1. The third-order valence-electron chi connectivity index (χ3n) is 1.89. The summed E-state index contributed by atoms with van der Waals surface area (Å²) in [4.78, 5) is 3.95. The maximum absolute atomic E-state index is 13.5. The molecule has 70 valence electrons. The third-order valence-corrected chi connectivity index (χ3v) is 2.18. The predicted molar refractivity (Wildman–Crippen MR) is 54.6 cm³/mol. The van der Waals surface area contributed by atoms with E-state index in [1.54, 1.807) is 12.1 Å². The molecule has 0 aliphatic heterocycles. The van der Waals surface area contributed by atoms with Crippen molar-refractivity contribution in [3.8, 4) is 11.3 Å². The molecule has 3 heteroatoms. The number of hydrogen-bond donors (Lipinski definition) is 0. The fourth-order valence-corrected chi connectivity index (χ4v) is 1.36. The zero-order valence-electron chi connectivity index (χ0n) is 7.24. The van der Waals surface area contributed by atoms with Crippen LogP contribution in [0.1, 0.15) is 0 Å². The van der Waals surface area contributed by atoms with Gasteiger partial charge in [-0.2, -0.15) is 0 Å². The highest BCUT2D eigenvalue weighted by molar-refractivity contribution is 6.30. The van der Waals surface area contributed by atoms with Gasteiger partial charge in [0.2, 0.25) is 0 Å². The van der Waals surface area contributed by atoms with Gasteiger partial charge in [0.05, 0.1) is 5.02 Å². The van der Waals surface area contributed by atoms with E-state index in [1.807, 2.05) is 18.2 Å². The van der Waals surface area contributed by atoms with Crippen molar-refractivity contribution in [3.05, 3.63) is 53.4 Å². The lowest BCUT2D eigenvalue weighted by atomic mass is 10.1. The first kappa shape index (κ1) is 9.16. The minimum atomic E-state index is -0.472. The Hall–Kier alpha value is -1.41. The second-order valence-electron chi connectivity index (χ2n) is 2.82. The first-order valence-corrected chi connectivity index (χ1v) is 4.52. The maximum Gasteiger partial charge on any atom is 0.168 e. The van der Waals surface area contributed by atoms with Crippen molar-refractivity contribution >= 4 is 11.6 Å². The van der Waals surface area contributed by atoms with Gasteiger partial charge in [0, 0.05) is 11.8 Å². The summed E-state index contributed by atoms with van der Waals surface area (Å²) >= 11 is 5.65. The summed E-state index contributed by atoms with van der Waals surface area (Å²) in [6.45, 7) is 0. The molecule has 0 unspecified atom stereocenters. The molecular weight excluding hydrogens is 201 g/mol. The van der Waals surface area contributed by atoms with Crippen molar-refractivity contribution < 1.29 is 4.39 Å². The summed E-state index contributed by atoms with van der Waals surface area (Å²) in [5, 5.41) is 0.0962. The van der Waals surface area contributed by atoms with Gasteiger partial charge in [0.25, 0.3) is 0 Å². The van der Waals surface area contributed by atoms with Crippen LogP contribution < -0.4 is 0 Å². The van der Waals surface area contributed by atoms with Gasteiger partial charge in [-0.25, -0.2) is 4.39 Å². The number of benzene rings is 1. The average Bonchev–Trinajstić information content (AvgIpc) is 2.23. The second-order valence-corrected chi connectivity index (χ2v) is 3.23. The summed E-state index contributed by atoms with van der Waals surface area (Å²) in [5.74, 6) is -0.472. The number of nitrogens with zero attached hydrogens (tertiary/aromatic N) is 1. The first-order chi connectivity index (χ1) is 6.79. The summed E-state index contributed by atoms with van der Waals surface area (Å²) in [6.07, 6.45) is 1.49. The Kier molecular flexibility index (Phi) is 2.46. The van der Waals surface area contributed by atoms with Crippen molar-refractivity contribution in [2.24, 2.45) is 0 Å². The normalized spacial score (nSPS) is 10.1. The van der Waals surface area contributed by atoms with Crippen LogP contribution in [0.5, 0.6) is 0 Å². The molecule has 0 aliphatic rings. The quantitative estimate of drug-likeness (QED) is 0.697. The molecule has 0 aliphatic carbocycles. The van der Waals surface area contributed by atoms with Crippen LogP contribution in [0.3, 0.4) is 0 Å². The average molecular weight is 208 g/mol. The van der Waals surface area contributed by atoms with Crippen molar-refractivity contribution in [1.82, 2.24) is 4.98 Å². The second kappa shape index (κ2) is 3.76. The van der Waals surface area contributed by atoms with Gasteiger partial charge in [-0.05, 0) is 6.07 Å². The highest BCUT2D eigenvalue weighted by Crippen LogP contribution is 2.24. The van der Waals surface area contributed by atoms with Gasteiger partial charge in [-0.1, -0.05) is 41.9 Å². The van der Waals surface area contributed by atoms with E-state index in [9.17, 15) is 4.39 Å². The molecule has 0 spiro atoms. The first-order valence-electron chi connectivity index (χ1n) is 4.14. The van der Waals surface area contributed by atoms with Gasteiger partial charge in [0.15, 0.2) is 5.82 Å². The number of pyridine rings is 1. The molecular formula is C11H7ClFN. The Morgan fingerprint density at radius 1 is 1.07 bits per heavy atom. The van der Waals surface area contributed by atoms with Crippen LogP contribution in [0.4, 0.5) is 4.39 Å². The fraction of sp³-hybridized carbons (Fsp3) is 0. The molecule has 0 bridgehead atoms. The number of rotatable bonds is 1. The minimum absolute atomic E-state index is 0.0962. The van der Waals surface area contributed by atoms with Crippen molar-refractivity contribution in [2.75, 3.05) is 0 Å². The van der Waals surface area contributed by atoms with E-state index in [4.69, 9.17) is 11.6 Å². The van der Waals surface area contributed by atoms with Gasteiger partial charge < -0.3 is 0 Å². The molecule has 0 radical (unpaired) electrons. The predicted octanol–water partition coefficient (Wildman–Crippen LogP) is 3.54. The lowest BCUT2D eigenvalue weighted by Gasteiger charge is -2.02. The Balaban J connectivity index is 2.58. The molecule has 0 fully saturated rings. The molecule has 0 N–H and O–H groups in total. The molecule has 1 aromatic carbocycles. The zero-order chi connectivity index (χ0) is 9.97. The monoisotopic (exact) mass is 207 g/mol. The fourth-order valence-electron chi connectivity index (χ4n) is 1.22. The summed E-state index contributed by atoms with van der Waals surface area (Å²) in [7, 11) is 0. The summed E-state index contributed by atoms with van der Waals surface area (Å²) in [6, 6.07) is 10.5. The van der Waals surface area contributed by atoms with Crippen LogP contribution in [-0.4, -0.2) is 4.98 Å². The highest BCUT2D eigenvalue weighted by Gasteiger charge is 2.08.